The Balaban J connectivity index is 4.47. The number of unbranched alkanes of at least 4 members (excludes halogenated alkanes) is 26. The molecule has 0 aromatic carbocycles. The van der Waals surface area contributed by atoms with Gasteiger partial charge in [-0.25, -0.2) is 0 Å². The third-order valence-electron chi connectivity index (χ3n) is 12.6. The molecule has 0 aromatic heterocycles. The van der Waals surface area contributed by atoms with Gasteiger partial charge in [-0.3, -0.25) is 14.4 Å². The van der Waals surface area contributed by atoms with E-state index in [1.54, 1.807) is 0 Å². The molecule has 406 valence electrons. The summed E-state index contributed by atoms with van der Waals surface area (Å²) in [5.41, 5.74) is 0. The number of rotatable bonds is 53. The number of allylic oxidation sites excluding steroid dienone is 16. The lowest BCUT2D eigenvalue weighted by Gasteiger charge is -2.18. The van der Waals surface area contributed by atoms with E-state index in [1.807, 2.05) is 0 Å². The minimum absolute atomic E-state index is 0.0922. The summed E-state index contributed by atoms with van der Waals surface area (Å²) in [6, 6.07) is 0. The van der Waals surface area contributed by atoms with Crippen molar-refractivity contribution >= 4 is 17.9 Å². The Labute approximate surface area is 438 Å². The van der Waals surface area contributed by atoms with Gasteiger partial charge in [0, 0.05) is 19.3 Å². The first-order chi connectivity index (χ1) is 35.0. The molecule has 0 heterocycles. The molecule has 0 N–H and O–H groups in total. The highest BCUT2D eigenvalue weighted by molar-refractivity contribution is 5.71. The van der Waals surface area contributed by atoms with Crippen LogP contribution in [-0.2, 0) is 28.6 Å². The number of ether oxygens (including phenoxy) is 3. The summed E-state index contributed by atoms with van der Waals surface area (Å²) in [6.07, 6.45) is 78.2. The van der Waals surface area contributed by atoms with Crippen molar-refractivity contribution in [2.45, 2.75) is 284 Å². The third kappa shape index (κ3) is 57.1. The molecule has 0 amide bonds. The third-order valence-corrected chi connectivity index (χ3v) is 12.6. The largest absolute Gasteiger partial charge is 0.462 e. The van der Waals surface area contributed by atoms with E-state index in [2.05, 4.69) is 118 Å². The molecule has 0 spiro atoms. The van der Waals surface area contributed by atoms with Crippen LogP contribution in [0.3, 0.4) is 0 Å². The summed E-state index contributed by atoms with van der Waals surface area (Å²) in [6.45, 7) is 6.48. The minimum Gasteiger partial charge on any atom is -0.462 e. The Morgan fingerprint density at radius 1 is 0.296 bits per heavy atom. The van der Waals surface area contributed by atoms with Crippen LogP contribution < -0.4 is 0 Å². The topological polar surface area (TPSA) is 78.9 Å². The molecule has 0 aliphatic carbocycles. The molecule has 0 bridgehead atoms. The Morgan fingerprint density at radius 2 is 0.549 bits per heavy atom. The Hall–Kier alpha value is -3.67. The van der Waals surface area contributed by atoms with E-state index in [9.17, 15) is 14.4 Å². The molecule has 0 saturated carbocycles. The minimum atomic E-state index is -0.799. The first-order valence-electron chi connectivity index (χ1n) is 29.7. The molecule has 6 nitrogen and oxygen atoms in total. The molecule has 1 unspecified atom stereocenters. The Morgan fingerprint density at radius 3 is 0.901 bits per heavy atom. The fraction of sp³-hybridized carbons (Fsp3) is 0.708. The van der Waals surface area contributed by atoms with Gasteiger partial charge >= 0.3 is 17.9 Å². The zero-order chi connectivity index (χ0) is 51.4. The van der Waals surface area contributed by atoms with Crippen molar-refractivity contribution in [3.63, 3.8) is 0 Å². The zero-order valence-corrected chi connectivity index (χ0v) is 46.5. The van der Waals surface area contributed by atoms with Gasteiger partial charge in [-0.2, -0.15) is 0 Å². The summed E-state index contributed by atoms with van der Waals surface area (Å²) in [5.74, 6) is -0.932. The van der Waals surface area contributed by atoms with Crippen LogP contribution in [0.15, 0.2) is 97.2 Å². The van der Waals surface area contributed by atoms with Crippen molar-refractivity contribution < 1.29 is 28.6 Å². The standard InChI is InChI=1S/C65H110O6/c1-4-7-10-13-16-19-22-25-28-30-32-34-37-40-43-46-49-52-55-58-64(67)70-61-62(60-69-63(66)57-54-51-48-45-42-39-36-27-24-21-18-15-12-9-6-3)71-65(68)59-56-53-50-47-44-41-38-35-33-31-29-26-23-20-17-14-11-8-5-2/h7,10,16-17,19-20,25-26,28-29,32-35,40,43,62H,4-6,8-9,11-15,18,21-24,27,30-31,36-39,41-42,44-61H2,1-3H3/b10-7-,19-16-,20-17-,28-25-,29-26-,34-32-,35-33-,43-40-. The maximum absolute atomic E-state index is 12.9. The number of esters is 3. The second kappa shape index (κ2) is 58.9. The van der Waals surface area contributed by atoms with Crippen molar-refractivity contribution in [3.8, 4) is 0 Å². The lowest BCUT2D eigenvalue weighted by molar-refractivity contribution is -0.167. The summed E-state index contributed by atoms with van der Waals surface area (Å²) >= 11 is 0. The Bertz CT molecular complexity index is 1410. The fourth-order valence-electron chi connectivity index (χ4n) is 8.12. The first-order valence-corrected chi connectivity index (χ1v) is 29.7. The van der Waals surface area contributed by atoms with Crippen LogP contribution in [0.2, 0.25) is 0 Å². The van der Waals surface area contributed by atoms with Crippen LogP contribution in [0.25, 0.3) is 0 Å². The van der Waals surface area contributed by atoms with Crippen LogP contribution in [0.1, 0.15) is 278 Å². The van der Waals surface area contributed by atoms with Gasteiger partial charge in [0.15, 0.2) is 6.10 Å². The van der Waals surface area contributed by atoms with Gasteiger partial charge in [0.2, 0.25) is 0 Å². The number of carbonyl (C=O) groups excluding carboxylic acids is 3. The highest BCUT2D eigenvalue weighted by Crippen LogP contribution is 2.15. The average Bonchev–Trinajstić information content (AvgIpc) is 3.37. The van der Waals surface area contributed by atoms with Crippen molar-refractivity contribution in [3.05, 3.63) is 97.2 Å². The van der Waals surface area contributed by atoms with Gasteiger partial charge in [0.05, 0.1) is 0 Å². The predicted molar refractivity (Wildman–Crippen MR) is 307 cm³/mol. The monoisotopic (exact) mass is 987 g/mol. The number of hydrogen-bond donors (Lipinski definition) is 0. The van der Waals surface area contributed by atoms with Crippen molar-refractivity contribution in [1.29, 1.82) is 0 Å². The molecule has 0 fully saturated rings. The zero-order valence-electron chi connectivity index (χ0n) is 46.5. The molecule has 6 heteroatoms. The van der Waals surface area contributed by atoms with Crippen LogP contribution in [0, 0.1) is 0 Å². The van der Waals surface area contributed by atoms with Crippen LogP contribution in [0.5, 0.6) is 0 Å². The van der Waals surface area contributed by atoms with Gasteiger partial charge in [-0.05, 0) is 103 Å². The molecule has 1 atom stereocenters. The highest BCUT2D eigenvalue weighted by atomic mass is 16.6. The molecule has 0 aliphatic heterocycles. The van der Waals surface area contributed by atoms with Gasteiger partial charge in [0.25, 0.3) is 0 Å². The molecular weight excluding hydrogens is 877 g/mol. The smallest absolute Gasteiger partial charge is 0.306 e. The molecule has 0 aliphatic rings. The highest BCUT2D eigenvalue weighted by Gasteiger charge is 2.19. The summed E-state index contributed by atoms with van der Waals surface area (Å²) in [4.78, 5) is 38.2. The van der Waals surface area contributed by atoms with E-state index >= 15 is 0 Å². The van der Waals surface area contributed by atoms with Crippen molar-refractivity contribution in [1.82, 2.24) is 0 Å². The van der Waals surface area contributed by atoms with E-state index in [0.717, 1.165) is 122 Å². The van der Waals surface area contributed by atoms with E-state index in [-0.39, 0.29) is 31.1 Å². The lowest BCUT2D eigenvalue weighted by atomic mass is 10.0. The molecule has 0 saturated heterocycles. The fourth-order valence-corrected chi connectivity index (χ4v) is 8.12. The van der Waals surface area contributed by atoms with Gasteiger partial charge in [-0.15, -0.1) is 0 Å². The Kier molecular flexibility index (Phi) is 55.9. The average molecular weight is 988 g/mol. The second-order valence-electron chi connectivity index (χ2n) is 19.5. The maximum Gasteiger partial charge on any atom is 0.306 e. The summed E-state index contributed by atoms with van der Waals surface area (Å²) in [7, 11) is 0. The van der Waals surface area contributed by atoms with E-state index < -0.39 is 6.10 Å². The molecule has 0 rings (SSSR count). The number of hydrogen-bond acceptors (Lipinski definition) is 6. The van der Waals surface area contributed by atoms with E-state index in [4.69, 9.17) is 14.2 Å². The molecule has 0 radical (unpaired) electrons. The van der Waals surface area contributed by atoms with Gasteiger partial charge < -0.3 is 14.2 Å². The predicted octanol–water partition coefficient (Wildman–Crippen LogP) is 20.1. The molecule has 71 heavy (non-hydrogen) atoms. The number of carbonyl (C=O) groups is 3. The van der Waals surface area contributed by atoms with Crippen molar-refractivity contribution in [2.75, 3.05) is 13.2 Å². The maximum atomic E-state index is 12.9. The van der Waals surface area contributed by atoms with E-state index in [0.29, 0.717) is 19.3 Å². The van der Waals surface area contributed by atoms with Gasteiger partial charge in [0.1, 0.15) is 13.2 Å². The van der Waals surface area contributed by atoms with E-state index in [1.165, 1.54) is 116 Å². The SMILES string of the molecule is CC/C=C\C/C=C\C/C=C\C/C=C\C/C=C\CCCCCC(=O)OCC(COC(=O)CCCCCCCCCCCCCCCCC)OC(=O)CCCCCCCC/C=C\C/C=C\C/C=C\CCCCC. The van der Waals surface area contributed by atoms with Crippen LogP contribution in [0.4, 0.5) is 0 Å². The quantitative estimate of drug-likeness (QED) is 0.0261. The molecular formula is C65H110O6. The molecule has 0 aromatic rings. The summed E-state index contributed by atoms with van der Waals surface area (Å²) in [5, 5.41) is 0. The summed E-state index contributed by atoms with van der Waals surface area (Å²) < 4.78 is 16.9. The van der Waals surface area contributed by atoms with Crippen LogP contribution in [-0.4, -0.2) is 37.2 Å². The van der Waals surface area contributed by atoms with Crippen LogP contribution >= 0.6 is 0 Å². The van der Waals surface area contributed by atoms with Gasteiger partial charge in [-0.1, -0.05) is 253 Å². The lowest BCUT2D eigenvalue weighted by Crippen LogP contribution is -2.30. The first kappa shape index (κ1) is 67.3. The van der Waals surface area contributed by atoms with Crippen molar-refractivity contribution in [2.24, 2.45) is 0 Å². The second-order valence-corrected chi connectivity index (χ2v) is 19.5. The normalized spacial score (nSPS) is 12.8.